The maximum atomic E-state index is 6.06. The highest BCUT2D eigenvalue weighted by Gasteiger charge is 2.34. The molecular weight excluding hydrogens is 289 g/mol. The Morgan fingerprint density at radius 2 is 2.19 bits per heavy atom. The molecule has 1 atom stereocenters. The highest BCUT2D eigenvalue weighted by atomic mass is 79.9. The molecule has 0 aliphatic carbocycles. The molecule has 0 amide bonds. The first-order valence-corrected chi connectivity index (χ1v) is 6.45. The zero-order chi connectivity index (χ0) is 11.9. The molecule has 1 aromatic carbocycles. The summed E-state index contributed by atoms with van der Waals surface area (Å²) in [6, 6.07) is 4.13. The fourth-order valence-electron chi connectivity index (χ4n) is 2.12. The molecule has 88 valence electrons. The summed E-state index contributed by atoms with van der Waals surface area (Å²) in [4.78, 5) is 0. The molecule has 0 bridgehead atoms. The van der Waals surface area contributed by atoms with E-state index in [1.165, 1.54) is 0 Å². The second-order valence-electron chi connectivity index (χ2n) is 4.71. The predicted molar refractivity (Wildman–Crippen MR) is 70.3 cm³/mol. The number of hydrogen-bond donors (Lipinski definition) is 1. The van der Waals surface area contributed by atoms with Crippen molar-refractivity contribution in [1.29, 1.82) is 0 Å². The van der Waals surface area contributed by atoms with Gasteiger partial charge in [0.1, 0.15) is 11.4 Å². The minimum Gasteiger partial charge on any atom is -0.486 e. The summed E-state index contributed by atoms with van der Waals surface area (Å²) in [6.07, 6.45) is 0.934. The molecule has 0 radical (unpaired) electrons. The minimum absolute atomic E-state index is 0.156. The number of ether oxygens (including phenoxy) is 1. The first-order chi connectivity index (χ1) is 7.43. The molecule has 2 rings (SSSR count). The Labute approximate surface area is 109 Å². The zero-order valence-electron chi connectivity index (χ0n) is 9.60. The van der Waals surface area contributed by atoms with E-state index in [0.717, 1.165) is 27.2 Å². The van der Waals surface area contributed by atoms with Crippen LogP contribution in [-0.4, -0.2) is 12.6 Å². The Morgan fingerprint density at radius 3 is 2.81 bits per heavy atom. The van der Waals surface area contributed by atoms with Gasteiger partial charge in [-0.15, -0.1) is 0 Å². The van der Waals surface area contributed by atoms with Crippen molar-refractivity contribution in [2.75, 3.05) is 7.05 Å². The smallest absolute Gasteiger partial charge is 0.139 e. The Hall–Kier alpha value is -0.250. The highest BCUT2D eigenvalue weighted by Crippen LogP contribution is 2.44. The largest absolute Gasteiger partial charge is 0.486 e. The lowest BCUT2D eigenvalue weighted by Crippen LogP contribution is -2.38. The summed E-state index contributed by atoms with van der Waals surface area (Å²) >= 11 is 9.57. The van der Waals surface area contributed by atoms with Gasteiger partial charge >= 0.3 is 0 Å². The van der Waals surface area contributed by atoms with Gasteiger partial charge in [0, 0.05) is 23.0 Å². The molecule has 4 heteroatoms. The lowest BCUT2D eigenvalue weighted by atomic mass is 9.90. The molecule has 1 unspecified atom stereocenters. The number of fused-ring (bicyclic) bond motifs is 1. The normalized spacial score (nSPS) is 22.4. The number of nitrogens with one attached hydrogen (secondary N) is 1. The zero-order valence-corrected chi connectivity index (χ0v) is 11.9. The summed E-state index contributed by atoms with van der Waals surface area (Å²) < 4.78 is 6.91. The van der Waals surface area contributed by atoms with Crippen LogP contribution in [0.4, 0.5) is 0 Å². The average molecular weight is 305 g/mol. The fraction of sp³-hybridized carbons (Fsp3) is 0.500. The van der Waals surface area contributed by atoms with Crippen molar-refractivity contribution >= 4 is 27.5 Å². The topological polar surface area (TPSA) is 21.3 Å². The molecule has 1 N–H and O–H groups in total. The maximum absolute atomic E-state index is 6.06. The number of halogens is 2. The lowest BCUT2D eigenvalue weighted by Gasteiger charge is -2.38. The van der Waals surface area contributed by atoms with Crippen molar-refractivity contribution in [3.05, 3.63) is 27.2 Å². The van der Waals surface area contributed by atoms with E-state index in [1.54, 1.807) is 0 Å². The fourth-order valence-corrected chi connectivity index (χ4v) is 3.04. The van der Waals surface area contributed by atoms with E-state index in [9.17, 15) is 0 Å². The third-order valence-electron chi connectivity index (χ3n) is 2.84. The molecule has 1 aromatic rings. The van der Waals surface area contributed by atoms with Crippen LogP contribution in [0.2, 0.25) is 5.02 Å². The van der Waals surface area contributed by atoms with E-state index in [-0.39, 0.29) is 11.6 Å². The van der Waals surface area contributed by atoms with Gasteiger partial charge in [-0.05, 0) is 49.0 Å². The molecule has 0 aromatic heterocycles. The van der Waals surface area contributed by atoms with Gasteiger partial charge in [-0.1, -0.05) is 11.6 Å². The average Bonchev–Trinajstić information content (AvgIpc) is 2.18. The van der Waals surface area contributed by atoms with Gasteiger partial charge in [-0.2, -0.15) is 0 Å². The van der Waals surface area contributed by atoms with Crippen LogP contribution in [0.5, 0.6) is 5.75 Å². The van der Waals surface area contributed by atoms with Crippen molar-refractivity contribution in [2.45, 2.75) is 31.9 Å². The van der Waals surface area contributed by atoms with Crippen molar-refractivity contribution in [3.63, 3.8) is 0 Å². The van der Waals surface area contributed by atoms with Crippen LogP contribution in [0.25, 0.3) is 0 Å². The maximum Gasteiger partial charge on any atom is 0.139 e. The highest BCUT2D eigenvalue weighted by molar-refractivity contribution is 9.10. The Morgan fingerprint density at radius 1 is 1.50 bits per heavy atom. The van der Waals surface area contributed by atoms with Crippen molar-refractivity contribution < 1.29 is 4.74 Å². The van der Waals surface area contributed by atoms with E-state index in [2.05, 4.69) is 35.1 Å². The molecule has 2 nitrogen and oxygen atoms in total. The Balaban J connectivity index is 2.54. The third-order valence-corrected chi connectivity index (χ3v) is 3.64. The number of hydrogen-bond acceptors (Lipinski definition) is 2. The van der Waals surface area contributed by atoms with E-state index in [4.69, 9.17) is 16.3 Å². The predicted octanol–water partition coefficient (Wildman–Crippen LogP) is 3.92. The Kier molecular flexibility index (Phi) is 3.21. The summed E-state index contributed by atoms with van der Waals surface area (Å²) in [5.41, 5.74) is 0.970. The van der Waals surface area contributed by atoms with Crippen LogP contribution in [0.3, 0.4) is 0 Å². The minimum atomic E-state index is -0.156. The molecule has 0 saturated heterocycles. The first-order valence-electron chi connectivity index (χ1n) is 5.28. The number of rotatable bonds is 1. The van der Waals surface area contributed by atoms with E-state index in [0.29, 0.717) is 0 Å². The molecule has 0 spiro atoms. The van der Waals surface area contributed by atoms with Crippen molar-refractivity contribution in [2.24, 2.45) is 0 Å². The second-order valence-corrected chi connectivity index (χ2v) is 6.00. The molecule has 1 heterocycles. The molecule has 1 aliphatic rings. The number of benzene rings is 1. The van der Waals surface area contributed by atoms with Gasteiger partial charge in [-0.25, -0.2) is 0 Å². The monoisotopic (exact) mass is 303 g/mol. The van der Waals surface area contributed by atoms with E-state index < -0.39 is 0 Å². The molecule has 0 saturated carbocycles. The van der Waals surface area contributed by atoms with Gasteiger partial charge in [0.05, 0.1) is 4.47 Å². The van der Waals surface area contributed by atoms with Gasteiger partial charge in [0.2, 0.25) is 0 Å². The van der Waals surface area contributed by atoms with Crippen LogP contribution in [0.1, 0.15) is 31.9 Å². The van der Waals surface area contributed by atoms with Gasteiger partial charge in [-0.3, -0.25) is 0 Å². The van der Waals surface area contributed by atoms with Crippen LogP contribution in [0, 0.1) is 0 Å². The molecule has 16 heavy (non-hydrogen) atoms. The van der Waals surface area contributed by atoms with Gasteiger partial charge in [0.15, 0.2) is 0 Å². The summed E-state index contributed by atoms with van der Waals surface area (Å²) in [5.74, 6) is 0.903. The van der Waals surface area contributed by atoms with Crippen molar-refractivity contribution in [3.8, 4) is 5.75 Å². The molecular formula is C12H15BrClNO. The second kappa shape index (κ2) is 4.21. The lowest BCUT2D eigenvalue weighted by molar-refractivity contribution is 0.0665. The quantitative estimate of drug-likeness (QED) is 0.849. The van der Waals surface area contributed by atoms with Crippen molar-refractivity contribution in [1.82, 2.24) is 5.32 Å². The summed E-state index contributed by atoms with van der Waals surface area (Å²) in [6.45, 7) is 4.20. The van der Waals surface area contributed by atoms with Crippen LogP contribution < -0.4 is 10.1 Å². The SMILES string of the molecule is CNC1CC(C)(C)Oc2c(Br)cc(Cl)cc21. The summed E-state index contributed by atoms with van der Waals surface area (Å²) in [5, 5.41) is 4.04. The molecule has 0 fully saturated rings. The third kappa shape index (κ3) is 2.22. The molecule has 1 aliphatic heterocycles. The summed E-state index contributed by atoms with van der Waals surface area (Å²) in [7, 11) is 1.96. The van der Waals surface area contributed by atoms with Crippen LogP contribution in [-0.2, 0) is 0 Å². The van der Waals surface area contributed by atoms with Crippen LogP contribution in [0.15, 0.2) is 16.6 Å². The van der Waals surface area contributed by atoms with Gasteiger partial charge < -0.3 is 10.1 Å². The standard InChI is InChI=1S/C12H15BrClNO/c1-12(2)6-10(15-3)8-4-7(14)5-9(13)11(8)16-12/h4-5,10,15H,6H2,1-3H3. The first kappa shape index (κ1) is 12.2. The van der Waals surface area contributed by atoms with E-state index >= 15 is 0 Å². The van der Waals surface area contributed by atoms with Gasteiger partial charge in [0.25, 0.3) is 0 Å². The van der Waals surface area contributed by atoms with E-state index in [1.807, 2.05) is 19.2 Å². The van der Waals surface area contributed by atoms with Crippen LogP contribution >= 0.6 is 27.5 Å². The Bertz CT molecular complexity index is 420.